The molecule has 1 atom stereocenters. The van der Waals surface area contributed by atoms with E-state index < -0.39 is 16.1 Å². The van der Waals surface area contributed by atoms with Crippen molar-refractivity contribution in [1.29, 1.82) is 0 Å². The number of nitrogens with zero attached hydrogens (tertiary/aromatic N) is 1. The maximum absolute atomic E-state index is 11.6. The number of rotatable bonds is 6. The number of oxime groups is 1. The molecule has 0 aromatic carbocycles. The molecule has 1 unspecified atom stereocenters. The normalized spacial score (nSPS) is 20.2. The van der Waals surface area contributed by atoms with Crippen molar-refractivity contribution < 1.29 is 13.6 Å². The molecule has 0 heterocycles. The summed E-state index contributed by atoms with van der Waals surface area (Å²) in [6.07, 6.45) is 2.41. The van der Waals surface area contributed by atoms with E-state index >= 15 is 0 Å². The molecule has 1 saturated carbocycles. The molecule has 0 aromatic rings. The maximum atomic E-state index is 11.6. The summed E-state index contributed by atoms with van der Waals surface area (Å²) >= 11 is 0. The van der Waals surface area contributed by atoms with Gasteiger partial charge in [0, 0.05) is 0 Å². The Kier molecular flexibility index (Phi) is 3.92. The molecule has 4 N–H and O–H groups in total. The second-order valence-corrected chi connectivity index (χ2v) is 5.63. The Balaban J connectivity index is 2.56. The van der Waals surface area contributed by atoms with Crippen LogP contribution in [0.5, 0.6) is 0 Å². The van der Waals surface area contributed by atoms with Crippen LogP contribution in [0, 0.1) is 5.92 Å². The van der Waals surface area contributed by atoms with Crippen molar-refractivity contribution in [1.82, 2.24) is 4.72 Å². The molecule has 0 aromatic heterocycles. The van der Waals surface area contributed by atoms with E-state index in [0.29, 0.717) is 6.42 Å². The summed E-state index contributed by atoms with van der Waals surface area (Å²) in [6, 6.07) is -0.612. The van der Waals surface area contributed by atoms with Crippen molar-refractivity contribution in [2.24, 2.45) is 16.8 Å². The maximum Gasteiger partial charge on any atom is 0.212 e. The third-order valence-electron chi connectivity index (χ3n) is 2.35. The Hall–Kier alpha value is -0.820. The standard InChI is InChI=1S/C8H17N3O3S/c1-2-7(8(9)10-12)11-15(13,14)5-6-3-4-6/h6-7,11-12H,2-5H2,1H3,(H2,9,10). The molecule has 7 heteroatoms. The Morgan fingerprint density at radius 1 is 1.67 bits per heavy atom. The number of nitrogens with two attached hydrogens (primary N) is 1. The van der Waals surface area contributed by atoms with E-state index in [0.717, 1.165) is 12.8 Å². The summed E-state index contributed by atoms with van der Waals surface area (Å²) in [6.45, 7) is 1.77. The predicted octanol–water partition coefficient (Wildman–Crippen LogP) is -0.159. The van der Waals surface area contributed by atoms with Crippen molar-refractivity contribution >= 4 is 15.9 Å². The highest BCUT2D eigenvalue weighted by molar-refractivity contribution is 7.89. The van der Waals surface area contributed by atoms with E-state index in [4.69, 9.17) is 10.9 Å². The molecule has 0 radical (unpaired) electrons. The van der Waals surface area contributed by atoms with Crippen LogP contribution in [0.15, 0.2) is 5.16 Å². The summed E-state index contributed by atoms with van der Waals surface area (Å²) in [5.41, 5.74) is 5.35. The summed E-state index contributed by atoms with van der Waals surface area (Å²) < 4.78 is 25.6. The molecule has 1 fully saturated rings. The molecule has 0 spiro atoms. The van der Waals surface area contributed by atoms with Gasteiger partial charge in [-0.05, 0) is 25.2 Å². The van der Waals surface area contributed by atoms with Crippen molar-refractivity contribution in [3.8, 4) is 0 Å². The van der Waals surface area contributed by atoms with E-state index in [-0.39, 0.29) is 17.5 Å². The van der Waals surface area contributed by atoms with Gasteiger partial charge in [-0.15, -0.1) is 0 Å². The van der Waals surface area contributed by atoms with Gasteiger partial charge < -0.3 is 10.9 Å². The molecule has 88 valence electrons. The van der Waals surface area contributed by atoms with Crippen molar-refractivity contribution in [2.45, 2.75) is 32.2 Å². The molecule has 6 nitrogen and oxygen atoms in total. The highest BCUT2D eigenvalue weighted by Crippen LogP contribution is 2.30. The lowest BCUT2D eigenvalue weighted by atomic mass is 10.2. The first-order valence-corrected chi connectivity index (χ1v) is 6.61. The first-order valence-electron chi connectivity index (χ1n) is 4.96. The van der Waals surface area contributed by atoms with Gasteiger partial charge >= 0.3 is 0 Å². The van der Waals surface area contributed by atoms with Gasteiger partial charge in [-0.25, -0.2) is 13.1 Å². The fraction of sp³-hybridized carbons (Fsp3) is 0.875. The van der Waals surface area contributed by atoms with Crippen molar-refractivity contribution in [2.75, 3.05) is 5.75 Å². The van der Waals surface area contributed by atoms with Crippen LogP contribution >= 0.6 is 0 Å². The Labute approximate surface area is 89.6 Å². The summed E-state index contributed by atoms with van der Waals surface area (Å²) in [4.78, 5) is 0. The second kappa shape index (κ2) is 4.80. The van der Waals surface area contributed by atoms with Crippen LogP contribution in [-0.4, -0.2) is 31.3 Å². The fourth-order valence-electron chi connectivity index (χ4n) is 1.28. The van der Waals surface area contributed by atoms with Crippen molar-refractivity contribution in [3.05, 3.63) is 0 Å². The fourth-order valence-corrected chi connectivity index (χ4v) is 3.05. The molecule has 1 rings (SSSR count). The summed E-state index contributed by atoms with van der Waals surface area (Å²) in [5.74, 6) is 0.325. The first kappa shape index (κ1) is 12.3. The van der Waals surface area contributed by atoms with Crippen LogP contribution in [0.4, 0.5) is 0 Å². The zero-order valence-electron chi connectivity index (χ0n) is 8.68. The van der Waals surface area contributed by atoms with Crippen LogP contribution in [-0.2, 0) is 10.0 Å². The third-order valence-corrected chi connectivity index (χ3v) is 3.91. The van der Waals surface area contributed by atoms with Gasteiger partial charge in [0.1, 0.15) is 0 Å². The number of nitrogens with one attached hydrogen (secondary N) is 1. The Morgan fingerprint density at radius 3 is 2.67 bits per heavy atom. The van der Waals surface area contributed by atoms with Gasteiger partial charge in [0.25, 0.3) is 0 Å². The second-order valence-electron chi connectivity index (χ2n) is 3.83. The first-order chi connectivity index (χ1) is 6.98. The highest BCUT2D eigenvalue weighted by Gasteiger charge is 2.29. The number of hydrogen-bond acceptors (Lipinski definition) is 4. The van der Waals surface area contributed by atoms with Crippen LogP contribution < -0.4 is 10.5 Å². The minimum Gasteiger partial charge on any atom is -0.409 e. The van der Waals surface area contributed by atoms with Gasteiger partial charge in [0.2, 0.25) is 10.0 Å². The zero-order valence-corrected chi connectivity index (χ0v) is 9.50. The molecular formula is C8H17N3O3S. The van der Waals surface area contributed by atoms with Gasteiger partial charge in [-0.2, -0.15) is 0 Å². The number of amidine groups is 1. The number of sulfonamides is 1. The molecule has 0 aliphatic heterocycles. The minimum atomic E-state index is -3.31. The van der Waals surface area contributed by atoms with Crippen molar-refractivity contribution in [3.63, 3.8) is 0 Å². The SMILES string of the molecule is CCC(NS(=O)(=O)CC1CC1)C(N)=NO. The van der Waals surface area contributed by atoms with E-state index in [9.17, 15) is 8.42 Å². The van der Waals surface area contributed by atoms with E-state index in [1.165, 1.54) is 0 Å². The molecule has 1 aliphatic carbocycles. The lowest BCUT2D eigenvalue weighted by molar-refractivity contribution is 0.315. The van der Waals surface area contributed by atoms with Crippen LogP contribution in [0.2, 0.25) is 0 Å². The van der Waals surface area contributed by atoms with Crippen LogP contribution in [0.3, 0.4) is 0 Å². The topological polar surface area (TPSA) is 105 Å². The zero-order chi connectivity index (χ0) is 11.5. The van der Waals surface area contributed by atoms with E-state index in [2.05, 4.69) is 9.88 Å². The minimum absolute atomic E-state index is 0.100. The van der Waals surface area contributed by atoms with Gasteiger partial charge in [-0.3, -0.25) is 0 Å². The van der Waals surface area contributed by atoms with E-state index in [1.54, 1.807) is 6.92 Å². The van der Waals surface area contributed by atoms with Gasteiger partial charge in [-0.1, -0.05) is 12.1 Å². The van der Waals surface area contributed by atoms with Crippen LogP contribution in [0.25, 0.3) is 0 Å². The molecule has 15 heavy (non-hydrogen) atoms. The summed E-state index contributed by atoms with van der Waals surface area (Å²) in [7, 11) is -3.31. The predicted molar refractivity (Wildman–Crippen MR) is 57.1 cm³/mol. The molecule has 1 aliphatic rings. The van der Waals surface area contributed by atoms with Crippen LogP contribution in [0.1, 0.15) is 26.2 Å². The molecule has 0 saturated heterocycles. The Morgan fingerprint density at radius 2 is 2.27 bits per heavy atom. The quantitative estimate of drug-likeness (QED) is 0.257. The number of hydrogen-bond donors (Lipinski definition) is 3. The lowest BCUT2D eigenvalue weighted by Gasteiger charge is -2.15. The van der Waals surface area contributed by atoms with Gasteiger partial charge in [0.05, 0.1) is 11.8 Å². The van der Waals surface area contributed by atoms with E-state index in [1.807, 2.05) is 0 Å². The average molecular weight is 235 g/mol. The highest BCUT2D eigenvalue weighted by atomic mass is 32.2. The average Bonchev–Trinajstić information content (AvgIpc) is 2.96. The molecule has 0 bridgehead atoms. The third kappa shape index (κ3) is 4.05. The molecular weight excluding hydrogens is 218 g/mol. The smallest absolute Gasteiger partial charge is 0.212 e. The monoisotopic (exact) mass is 235 g/mol. The largest absolute Gasteiger partial charge is 0.409 e. The molecule has 0 amide bonds. The summed E-state index contributed by atoms with van der Waals surface area (Å²) in [5, 5.41) is 11.3. The Bertz CT molecular complexity index is 335. The van der Waals surface area contributed by atoms with Gasteiger partial charge in [0.15, 0.2) is 5.84 Å². The lowest BCUT2D eigenvalue weighted by Crippen LogP contribution is -2.45.